The van der Waals surface area contributed by atoms with Crippen LogP contribution in [0.5, 0.6) is 0 Å². The van der Waals surface area contributed by atoms with Crippen LogP contribution < -0.4 is 37.7 Å². The second-order valence-electron chi connectivity index (χ2n) is 3.35. The monoisotopic (exact) mass is 218 g/mol. The van der Waals surface area contributed by atoms with Crippen LogP contribution in [0.4, 0.5) is 0 Å². The Labute approximate surface area is 133 Å². The summed E-state index contributed by atoms with van der Waals surface area (Å²) in [6.07, 6.45) is 0. The molecule has 0 bridgehead atoms. The first-order valence-electron chi connectivity index (χ1n) is 5.23. The molecule has 3 aromatic rings. The van der Waals surface area contributed by atoms with Crippen LogP contribution in [0.2, 0.25) is 0 Å². The fraction of sp³-hybridized carbons (Fsp3) is 0. The van der Waals surface area contributed by atoms with E-state index in [1.165, 1.54) is 10.8 Å². The van der Waals surface area contributed by atoms with Gasteiger partial charge in [0.25, 0.3) is 0 Å². The van der Waals surface area contributed by atoms with E-state index in [9.17, 15) is 0 Å². The molecule has 0 atom stereocenters. The zero-order valence-corrected chi connectivity index (χ0v) is 10.9. The van der Waals surface area contributed by atoms with Gasteiger partial charge in [-0.2, -0.15) is 0 Å². The van der Waals surface area contributed by atoms with Gasteiger partial charge < -0.3 is 12.1 Å². The maximum Gasteiger partial charge on any atom is 1.00 e. The third-order valence-electron chi connectivity index (χ3n) is 2.21. The Bertz CT molecular complexity index is 443. The predicted molar refractivity (Wildman–Crippen MR) is 68.1 cm³/mol. The first-order chi connectivity index (χ1) is 7.97. The van der Waals surface area contributed by atoms with E-state index in [-0.39, 0.29) is 37.7 Å². The molecule has 3 aromatic carbocycles. The fourth-order valence-corrected chi connectivity index (χ4v) is 1.44. The largest absolute Gasteiger partial charge is 1.00 e. The average molecular weight is 218 g/mol. The molecule has 0 radical (unpaired) electrons. The Balaban J connectivity index is 0.000000319. The molecule has 78 valence electrons. The topological polar surface area (TPSA) is 0 Å². The maximum absolute atomic E-state index is 2.86. The van der Waals surface area contributed by atoms with Gasteiger partial charge in [0.2, 0.25) is 0 Å². The summed E-state index contributed by atoms with van der Waals surface area (Å²) in [6, 6.07) is 29.7. The molecule has 18 heavy (non-hydrogen) atoms. The molecular weight excluding hydrogens is 206 g/mol. The minimum absolute atomic E-state index is 0. The minimum Gasteiger partial charge on any atom is -0.319 e. The van der Waals surface area contributed by atoms with E-state index in [1.807, 2.05) is 24.3 Å². The number of rotatable bonds is 0. The Morgan fingerprint density at radius 1 is 0.500 bits per heavy atom. The molecule has 0 N–H and O–H groups in total. The van der Waals surface area contributed by atoms with Gasteiger partial charge in [-0.1, -0.05) is 48.5 Å². The molecule has 0 aromatic heterocycles. The van der Waals surface area contributed by atoms with Gasteiger partial charge in [0, 0.05) is 0 Å². The summed E-state index contributed by atoms with van der Waals surface area (Å²) in [5, 5.41) is 2.62. The van der Waals surface area contributed by atoms with Crippen LogP contribution in [-0.4, -0.2) is 0 Å². The van der Waals surface area contributed by atoms with E-state index in [4.69, 9.17) is 0 Å². The van der Waals surface area contributed by atoms with Crippen molar-refractivity contribution in [1.82, 2.24) is 0 Å². The van der Waals surface area contributed by atoms with Crippen LogP contribution in [-0.2, 0) is 0 Å². The van der Waals surface area contributed by atoms with Crippen LogP contribution >= 0.6 is 0 Å². The van der Waals surface area contributed by atoms with Gasteiger partial charge in [-0.15, -0.1) is 0 Å². The molecule has 0 aliphatic heterocycles. The third-order valence-corrected chi connectivity index (χ3v) is 2.21. The zero-order chi connectivity index (χ0) is 11.1. The van der Waals surface area contributed by atoms with E-state index in [2.05, 4.69) is 60.7 Å². The minimum atomic E-state index is 0. The molecule has 0 aliphatic carbocycles. The molecule has 0 unspecified atom stereocenters. The zero-order valence-electron chi connectivity index (χ0n) is 10.9. The van der Waals surface area contributed by atoms with Crippen molar-refractivity contribution >= 4 is 10.8 Å². The number of benzene rings is 3. The van der Waals surface area contributed by atoms with E-state index in [1.54, 1.807) is 0 Å². The Kier molecular flexibility index (Phi) is 9.58. The Morgan fingerprint density at radius 3 is 1.00 bits per heavy atom. The Hall–Kier alpha value is -0.885. The summed E-state index contributed by atoms with van der Waals surface area (Å²) < 4.78 is 0. The third kappa shape index (κ3) is 5.64. The summed E-state index contributed by atoms with van der Waals surface area (Å²) in [7, 11) is 0. The van der Waals surface area contributed by atoms with Crippen molar-refractivity contribution < 1.29 is 37.7 Å². The molecule has 0 nitrogen and oxygen atoms in total. The van der Waals surface area contributed by atoms with Crippen LogP contribution in [0, 0.1) is 12.1 Å². The number of fused-ring (bicyclic) bond motifs is 1. The number of hydrogen-bond donors (Lipinski definition) is 0. The van der Waals surface area contributed by atoms with Crippen LogP contribution in [0.1, 0.15) is 0 Å². The molecule has 0 aliphatic rings. The van der Waals surface area contributed by atoms with Crippen molar-refractivity contribution in [2.45, 2.75) is 0 Å². The van der Waals surface area contributed by atoms with Crippen molar-refractivity contribution in [3.05, 3.63) is 84.9 Å². The van der Waals surface area contributed by atoms with Gasteiger partial charge in [-0.25, -0.2) is 0 Å². The summed E-state index contributed by atoms with van der Waals surface area (Å²) in [4.78, 5) is 0. The second-order valence-corrected chi connectivity index (χ2v) is 3.35. The van der Waals surface area contributed by atoms with E-state index in [0.29, 0.717) is 0 Å². The summed E-state index contributed by atoms with van der Waals surface area (Å²) in [5.74, 6) is 0. The van der Waals surface area contributed by atoms with Crippen LogP contribution in [0.15, 0.2) is 72.8 Å². The molecule has 0 amide bonds. The summed E-state index contributed by atoms with van der Waals surface area (Å²) >= 11 is 0. The van der Waals surface area contributed by atoms with Gasteiger partial charge in [0.15, 0.2) is 0 Å². The molecule has 0 spiro atoms. The number of hydrogen-bond acceptors (Lipinski definition) is 0. The maximum atomic E-state index is 2.86. The normalized spacial score (nSPS) is 8.22. The molecule has 3 rings (SSSR count). The van der Waals surface area contributed by atoms with Crippen molar-refractivity contribution in [2.75, 3.05) is 0 Å². The van der Waals surface area contributed by atoms with Crippen molar-refractivity contribution in [2.24, 2.45) is 0 Å². The van der Waals surface area contributed by atoms with Crippen LogP contribution in [0.25, 0.3) is 10.8 Å². The van der Waals surface area contributed by atoms with E-state index < -0.39 is 0 Å². The second kappa shape index (κ2) is 10.1. The van der Waals surface area contributed by atoms with E-state index in [0.717, 1.165) is 0 Å². The van der Waals surface area contributed by atoms with Crippen molar-refractivity contribution in [1.29, 1.82) is 0 Å². The summed E-state index contributed by atoms with van der Waals surface area (Å²) in [6.45, 7) is 0. The smallest absolute Gasteiger partial charge is 0.319 e. The quantitative estimate of drug-likeness (QED) is 0.306. The molecular formula is C16H12Li2. The van der Waals surface area contributed by atoms with Crippen LogP contribution in [0.3, 0.4) is 0 Å². The van der Waals surface area contributed by atoms with Gasteiger partial charge >= 0.3 is 37.7 Å². The molecule has 0 fully saturated rings. The summed E-state index contributed by atoms with van der Waals surface area (Å²) in [5.41, 5.74) is 0. The predicted octanol–water partition coefficient (Wildman–Crippen LogP) is -1.87. The average Bonchev–Trinajstić information content (AvgIpc) is 2.42. The van der Waals surface area contributed by atoms with Crippen molar-refractivity contribution in [3.63, 3.8) is 0 Å². The first-order valence-corrected chi connectivity index (χ1v) is 5.23. The molecule has 2 heteroatoms. The fourth-order valence-electron chi connectivity index (χ4n) is 1.44. The van der Waals surface area contributed by atoms with Gasteiger partial charge in [0.05, 0.1) is 0 Å². The molecule has 0 saturated heterocycles. The van der Waals surface area contributed by atoms with Gasteiger partial charge in [-0.3, -0.25) is 24.3 Å². The van der Waals surface area contributed by atoms with Crippen molar-refractivity contribution in [3.8, 4) is 0 Å². The standard InChI is InChI=1S/C10H8.C6H4.2Li/c1-2-6-10-8-4-3-7-9(10)5-1;1-2-4-6-5-3-1;;/h1-8H;1-2,5-6H;;/q;-2;2*+1. The van der Waals surface area contributed by atoms with Gasteiger partial charge in [-0.05, 0) is 10.8 Å². The Morgan fingerprint density at radius 2 is 0.778 bits per heavy atom. The van der Waals surface area contributed by atoms with E-state index >= 15 is 0 Å². The van der Waals surface area contributed by atoms with Gasteiger partial charge in [0.1, 0.15) is 0 Å². The molecule has 0 saturated carbocycles. The first kappa shape index (κ1) is 17.1. The molecule has 0 heterocycles. The SMILES string of the molecule is [Li+].[Li+].[c-]1cc[c-]cc1.c1ccc2ccccc2c1.